The molecule has 0 aliphatic heterocycles. The minimum Gasteiger partial charge on any atom is -0.345 e. The monoisotopic (exact) mass is 239 g/mol. The van der Waals surface area contributed by atoms with Crippen molar-refractivity contribution >= 4 is 5.91 Å². The van der Waals surface area contributed by atoms with E-state index in [-0.39, 0.29) is 5.91 Å². The minimum atomic E-state index is 0.0768. The van der Waals surface area contributed by atoms with Gasteiger partial charge in [-0.3, -0.25) is 4.79 Å². The van der Waals surface area contributed by atoms with E-state index in [4.69, 9.17) is 0 Å². The largest absolute Gasteiger partial charge is 0.345 e. The number of rotatable bonds is 10. The third-order valence-corrected chi connectivity index (χ3v) is 3.04. The van der Waals surface area contributed by atoms with Gasteiger partial charge in [-0.2, -0.15) is 0 Å². The SMILES string of the molecule is C=C(CCCCCCCCCC)C(=O)N(C)C. The smallest absolute Gasteiger partial charge is 0.248 e. The van der Waals surface area contributed by atoms with Crippen LogP contribution >= 0.6 is 0 Å². The van der Waals surface area contributed by atoms with Gasteiger partial charge in [-0.25, -0.2) is 0 Å². The van der Waals surface area contributed by atoms with Gasteiger partial charge in [0, 0.05) is 19.7 Å². The van der Waals surface area contributed by atoms with Gasteiger partial charge in [0.2, 0.25) is 5.91 Å². The zero-order valence-corrected chi connectivity index (χ0v) is 11.9. The van der Waals surface area contributed by atoms with Gasteiger partial charge in [0.1, 0.15) is 0 Å². The average Bonchev–Trinajstić information content (AvgIpc) is 2.31. The number of amides is 1. The molecule has 0 spiro atoms. The van der Waals surface area contributed by atoms with E-state index >= 15 is 0 Å². The first kappa shape index (κ1) is 16.2. The molecule has 2 nitrogen and oxygen atoms in total. The van der Waals surface area contributed by atoms with Crippen molar-refractivity contribution in [2.24, 2.45) is 0 Å². The molecule has 100 valence electrons. The molecule has 0 bridgehead atoms. The molecular weight excluding hydrogens is 210 g/mol. The molecule has 2 heteroatoms. The van der Waals surface area contributed by atoms with Gasteiger partial charge >= 0.3 is 0 Å². The highest BCUT2D eigenvalue weighted by Crippen LogP contribution is 2.12. The van der Waals surface area contributed by atoms with E-state index in [1.54, 1.807) is 19.0 Å². The predicted molar refractivity (Wildman–Crippen MR) is 75.1 cm³/mol. The first-order valence-corrected chi connectivity index (χ1v) is 6.99. The first-order valence-electron chi connectivity index (χ1n) is 6.99. The number of likely N-dealkylation sites (N-methyl/N-ethyl adjacent to an activating group) is 1. The molecule has 17 heavy (non-hydrogen) atoms. The molecule has 0 aliphatic rings. The Bertz CT molecular complexity index is 221. The molecule has 0 radical (unpaired) electrons. The van der Waals surface area contributed by atoms with Crippen molar-refractivity contribution in [1.29, 1.82) is 0 Å². The van der Waals surface area contributed by atoms with E-state index in [0.29, 0.717) is 0 Å². The van der Waals surface area contributed by atoms with Crippen LogP contribution in [0, 0.1) is 0 Å². The molecule has 0 aliphatic carbocycles. The van der Waals surface area contributed by atoms with Gasteiger partial charge in [-0.05, 0) is 12.8 Å². The second kappa shape index (κ2) is 10.4. The van der Waals surface area contributed by atoms with Crippen LogP contribution in [0.5, 0.6) is 0 Å². The normalized spacial score (nSPS) is 10.3. The topological polar surface area (TPSA) is 20.3 Å². The van der Waals surface area contributed by atoms with Crippen LogP contribution in [-0.4, -0.2) is 24.9 Å². The number of nitrogens with zero attached hydrogens (tertiary/aromatic N) is 1. The zero-order chi connectivity index (χ0) is 13.1. The fourth-order valence-corrected chi connectivity index (χ4v) is 1.90. The number of unbranched alkanes of at least 4 members (excludes halogenated alkanes) is 7. The Morgan fingerprint density at radius 2 is 1.41 bits per heavy atom. The van der Waals surface area contributed by atoms with Crippen LogP contribution in [0.2, 0.25) is 0 Å². The number of carbonyl (C=O) groups excluding carboxylic acids is 1. The van der Waals surface area contributed by atoms with Crippen LogP contribution in [0.3, 0.4) is 0 Å². The Morgan fingerprint density at radius 3 is 1.88 bits per heavy atom. The third kappa shape index (κ3) is 8.96. The van der Waals surface area contributed by atoms with Crippen LogP contribution < -0.4 is 0 Å². The summed E-state index contributed by atoms with van der Waals surface area (Å²) in [6, 6.07) is 0. The standard InChI is InChI=1S/C15H29NO/c1-5-6-7-8-9-10-11-12-13-14(2)15(17)16(3)4/h2,5-13H2,1,3-4H3. The quantitative estimate of drug-likeness (QED) is 0.414. The Hall–Kier alpha value is -0.790. The van der Waals surface area contributed by atoms with Crippen molar-refractivity contribution in [2.75, 3.05) is 14.1 Å². The van der Waals surface area contributed by atoms with Crippen molar-refractivity contribution in [1.82, 2.24) is 4.90 Å². The lowest BCUT2D eigenvalue weighted by Gasteiger charge is -2.12. The lowest BCUT2D eigenvalue weighted by atomic mass is 10.0. The summed E-state index contributed by atoms with van der Waals surface area (Å²) in [6.07, 6.45) is 11.2. The van der Waals surface area contributed by atoms with Crippen LogP contribution in [0.4, 0.5) is 0 Å². The lowest BCUT2D eigenvalue weighted by Crippen LogP contribution is -2.22. The average molecular weight is 239 g/mol. The van der Waals surface area contributed by atoms with E-state index in [9.17, 15) is 4.79 Å². The lowest BCUT2D eigenvalue weighted by molar-refractivity contribution is -0.124. The molecule has 0 N–H and O–H groups in total. The number of carbonyl (C=O) groups is 1. The molecule has 0 aromatic heterocycles. The van der Waals surface area contributed by atoms with Crippen molar-refractivity contribution in [3.8, 4) is 0 Å². The summed E-state index contributed by atoms with van der Waals surface area (Å²) in [6.45, 7) is 6.09. The van der Waals surface area contributed by atoms with Crippen molar-refractivity contribution in [3.63, 3.8) is 0 Å². The van der Waals surface area contributed by atoms with Crippen LogP contribution in [0.25, 0.3) is 0 Å². The second-order valence-corrected chi connectivity index (χ2v) is 5.03. The van der Waals surface area contributed by atoms with E-state index < -0.39 is 0 Å². The summed E-state index contributed by atoms with van der Waals surface area (Å²) in [5.74, 6) is 0.0768. The molecule has 1 amide bonds. The molecule has 0 atom stereocenters. The summed E-state index contributed by atoms with van der Waals surface area (Å²) in [7, 11) is 3.56. The maximum Gasteiger partial charge on any atom is 0.248 e. The fourth-order valence-electron chi connectivity index (χ4n) is 1.90. The Morgan fingerprint density at radius 1 is 0.941 bits per heavy atom. The van der Waals surface area contributed by atoms with E-state index in [2.05, 4.69) is 13.5 Å². The molecule has 0 saturated carbocycles. The first-order chi connectivity index (χ1) is 8.09. The van der Waals surface area contributed by atoms with E-state index in [1.807, 2.05) is 0 Å². The van der Waals surface area contributed by atoms with E-state index in [1.165, 1.54) is 44.9 Å². The van der Waals surface area contributed by atoms with Crippen molar-refractivity contribution in [2.45, 2.75) is 64.7 Å². The summed E-state index contributed by atoms with van der Waals surface area (Å²) < 4.78 is 0. The van der Waals surface area contributed by atoms with Crippen LogP contribution in [0.15, 0.2) is 12.2 Å². The van der Waals surface area contributed by atoms with Crippen molar-refractivity contribution < 1.29 is 4.79 Å². The molecule has 0 saturated heterocycles. The van der Waals surface area contributed by atoms with Gasteiger partial charge in [0.15, 0.2) is 0 Å². The fraction of sp³-hybridized carbons (Fsp3) is 0.800. The number of hydrogen-bond acceptors (Lipinski definition) is 1. The van der Waals surface area contributed by atoms with Gasteiger partial charge < -0.3 is 4.90 Å². The minimum absolute atomic E-state index is 0.0768. The molecule has 0 rings (SSSR count). The van der Waals surface area contributed by atoms with Crippen LogP contribution in [0.1, 0.15) is 64.7 Å². The summed E-state index contributed by atoms with van der Waals surface area (Å²) in [5.41, 5.74) is 0.751. The maximum absolute atomic E-state index is 11.5. The summed E-state index contributed by atoms with van der Waals surface area (Å²) in [5, 5.41) is 0. The molecule has 0 heterocycles. The summed E-state index contributed by atoms with van der Waals surface area (Å²) >= 11 is 0. The predicted octanol–water partition coefficient (Wildman–Crippen LogP) is 4.16. The van der Waals surface area contributed by atoms with Crippen LogP contribution in [-0.2, 0) is 4.79 Å². The van der Waals surface area contributed by atoms with Gasteiger partial charge in [-0.15, -0.1) is 0 Å². The molecule has 0 aromatic rings. The Balaban J connectivity index is 3.34. The molecular formula is C15H29NO. The van der Waals surface area contributed by atoms with Gasteiger partial charge in [-0.1, -0.05) is 58.4 Å². The van der Waals surface area contributed by atoms with Crippen molar-refractivity contribution in [3.05, 3.63) is 12.2 Å². The van der Waals surface area contributed by atoms with Gasteiger partial charge in [0.05, 0.1) is 0 Å². The summed E-state index contributed by atoms with van der Waals surface area (Å²) in [4.78, 5) is 13.1. The third-order valence-electron chi connectivity index (χ3n) is 3.04. The highest BCUT2D eigenvalue weighted by Gasteiger charge is 2.07. The molecule has 0 fully saturated rings. The highest BCUT2D eigenvalue weighted by molar-refractivity contribution is 5.92. The van der Waals surface area contributed by atoms with Gasteiger partial charge in [0.25, 0.3) is 0 Å². The second-order valence-electron chi connectivity index (χ2n) is 5.03. The highest BCUT2D eigenvalue weighted by atomic mass is 16.2. The zero-order valence-electron chi connectivity index (χ0n) is 11.9. The maximum atomic E-state index is 11.5. The van der Waals surface area contributed by atoms with E-state index in [0.717, 1.165) is 18.4 Å². The Labute approximate surface area is 107 Å². The number of hydrogen-bond donors (Lipinski definition) is 0. The Kier molecular flexibility index (Phi) is 9.89. The molecule has 0 aromatic carbocycles. The molecule has 0 unspecified atom stereocenters.